The highest BCUT2D eigenvalue weighted by Gasteiger charge is 2.29. The van der Waals surface area contributed by atoms with Gasteiger partial charge in [-0.25, -0.2) is 0 Å². The summed E-state index contributed by atoms with van der Waals surface area (Å²) in [5.41, 5.74) is 11.3. The summed E-state index contributed by atoms with van der Waals surface area (Å²) in [6, 6.07) is 15.7. The van der Waals surface area contributed by atoms with Gasteiger partial charge >= 0.3 is 0 Å². The minimum atomic E-state index is -0.168. The molecule has 0 bridgehead atoms. The molecule has 8 heteroatoms. The Morgan fingerprint density at radius 3 is 2.70 bits per heavy atom. The maximum atomic E-state index is 13.1. The van der Waals surface area contributed by atoms with Crippen LogP contribution < -0.4 is 16.0 Å². The third-order valence-corrected chi connectivity index (χ3v) is 7.80. The number of thiophene rings is 1. The molecule has 192 valence electrons. The standard InChI is InChI=1S/C29H31N3O4S/c1-34-25-13-18(14-26(35-2)28(25)36-3)17-32-11-10-19-15-21(7-9-24(19)32)29(33)31-23-16-20(6-8-22(23)30)27-5-4-12-37-27/h4-9,12-13,15-16,18H,10-11,14,17,30H2,1-3H3,(H,31,33). The van der Waals surface area contributed by atoms with E-state index in [9.17, 15) is 4.79 Å². The van der Waals surface area contributed by atoms with Gasteiger partial charge in [0, 0.05) is 41.6 Å². The van der Waals surface area contributed by atoms with Gasteiger partial charge in [-0.2, -0.15) is 0 Å². The lowest BCUT2D eigenvalue weighted by molar-refractivity contribution is 0.102. The van der Waals surface area contributed by atoms with Crippen molar-refractivity contribution in [3.63, 3.8) is 0 Å². The monoisotopic (exact) mass is 517 g/mol. The number of carbonyl (C=O) groups is 1. The van der Waals surface area contributed by atoms with Gasteiger partial charge in [0.05, 0.1) is 32.7 Å². The summed E-state index contributed by atoms with van der Waals surface area (Å²) in [6.45, 7) is 1.72. The maximum Gasteiger partial charge on any atom is 0.255 e. The van der Waals surface area contributed by atoms with E-state index in [1.165, 1.54) is 5.56 Å². The Bertz CT molecular complexity index is 1360. The van der Waals surface area contributed by atoms with Crippen molar-refractivity contribution < 1.29 is 19.0 Å². The molecule has 1 aliphatic heterocycles. The number of nitrogens with one attached hydrogen (secondary N) is 1. The fourth-order valence-electron chi connectivity index (χ4n) is 5.02. The van der Waals surface area contributed by atoms with Crippen molar-refractivity contribution in [2.75, 3.05) is 50.4 Å². The van der Waals surface area contributed by atoms with Crippen LogP contribution in [0.5, 0.6) is 0 Å². The third-order valence-electron chi connectivity index (χ3n) is 6.88. The third kappa shape index (κ3) is 5.02. The van der Waals surface area contributed by atoms with Crippen molar-refractivity contribution >= 4 is 34.3 Å². The van der Waals surface area contributed by atoms with Crippen molar-refractivity contribution in [2.24, 2.45) is 5.92 Å². The Labute approximate surface area is 221 Å². The number of hydrogen-bond donors (Lipinski definition) is 2. The van der Waals surface area contributed by atoms with Crippen LogP contribution in [0.25, 0.3) is 10.4 Å². The minimum Gasteiger partial charge on any atom is -0.497 e. The Hall–Kier alpha value is -3.91. The number of nitrogens with zero attached hydrogens (tertiary/aromatic N) is 1. The quantitative estimate of drug-likeness (QED) is 0.375. The summed E-state index contributed by atoms with van der Waals surface area (Å²) >= 11 is 1.65. The van der Waals surface area contributed by atoms with E-state index in [4.69, 9.17) is 19.9 Å². The molecule has 0 fully saturated rings. The first-order chi connectivity index (χ1) is 18.0. The fraction of sp³-hybridized carbons (Fsp3) is 0.276. The number of benzene rings is 2. The SMILES string of the molecule is COC1=CC(CN2CCc3cc(C(=O)Nc4cc(-c5cccs5)ccc4N)ccc32)CC(OC)=C1OC. The lowest BCUT2D eigenvalue weighted by Crippen LogP contribution is -2.29. The first-order valence-electron chi connectivity index (χ1n) is 12.2. The van der Waals surface area contributed by atoms with E-state index < -0.39 is 0 Å². The van der Waals surface area contributed by atoms with Crippen LogP contribution in [-0.2, 0) is 20.6 Å². The Morgan fingerprint density at radius 2 is 1.97 bits per heavy atom. The molecule has 0 radical (unpaired) electrons. The van der Waals surface area contributed by atoms with Crippen molar-refractivity contribution in [3.8, 4) is 10.4 Å². The zero-order valence-corrected chi connectivity index (χ0v) is 22.1. The average Bonchev–Trinajstić information content (AvgIpc) is 3.59. The summed E-state index contributed by atoms with van der Waals surface area (Å²) in [5, 5.41) is 5.03. The first kappa shape index (κ1) is 24.8. The maximum absolute atomic E-state index is 13.1. The van der Waals surface area contributed by atoms with Crippen LogP contribution in [0.3, 0.4) is 0 Å². The van der Waals surface area contributed by atoms with Gasteiger partial charge in [-0.3, -0.25) is 4.79 Å². The molecular weight excluding hydrogens is 486 g/mol. The van der Waals surface area contributed by atoms with E-state index in [1.54, 1.807) is 32.7 Å². The molecule has 5 rings (SSSR count). The number of nitrogen functional groups attached to an aromatic ring is 1. The number of ether oxygens (including phenoxy) is 3. The van der Waals surface area contributed by atoms with E-state index in [0.717, 1.165) is 47.8 Å². The van der Waals surface area contributed by atoms with E-state index >= 15 is 0 Å². The van der Waals surface area contributed by atoms with E-state index in [2.05, 4.69) is 22.4 Å². The molecule has 1 aliphatic carbocycles. The molecule has 3 N–H and O–H groups in total. The molecule has 0 saturated carbocycles. The molecule has 7 nitrogen and oxygen atoms in total. The summed E-state index contributed by atoms with van der Waals surface area (Å²) in [4.78, 5) is 16.6. The Morgan fingerprint density at radius 1 is 1.11 bits per heavy atom. The van der Waals surface area contributed by atoms with Crippen molar-refractivity contribution in [1.82, 2.24) is 0 Å². The highest BCUT2D eigenvalue weighted by molar-refractivity contribution is 7.13. The second-order valence-electron chi connectivity index (χ2n) is 9.13. The summed E-state index contributed by atoms with van der Waals surface area (Å²) in [7, 11) is 4.93. The van der Waals surface area contributed by atoms with Crippen molar-refractivity contribution in [1.29, 1.82) is 0 Å². The first-order valence-corrected chi connectivity index (χ1v) is 13.1. The Kier molecular flexibility index (Phi) is 7.10. The number of fused-ring (bicyclic) bond motifs is 1. The zero-order valence-electron chi connectivity index (χ0n) is 21.2. The number of allylic oxidation sites excluding steroid dienone is 1. The predicted molar refractivity (Wildman–Crippen MR) is 149 cm³/mol. The van der Waals surface area contributed by atoms with Crippen LogP contribution in [0, 0.1) is 5.92 Å². The van der Waals surface area contributed by atoms with Gasteiger partial charge in [0.15, 0.2) is 11.5 Å². The molecule has 0 saturated heterocycles. The molecular formula is C29H31N3O4S. The molecule has 1 atom stereocenters. The number of amides is 1. The second kappa shape index (κ2) is 10.6. The normalized spacial score (nSPS) is 16.8. The number of anilines is 3. The van der Waals surface area contributed by atoms with Crippen LogP contribution >= 0.6 is 11.3 Å². The molecule has 37 heavy (non-hydrogen) atoms. The lowest BCUT2D eigenvalue weighted by Gasteiger charge is -2.28. The summed E-state index contributed by atoms with van der Waals surface area (Å²) in [5.74, 6) is 2.19. The molecule has 1 unspecified atom stereocenters. The molecule has 2 heterocycles. The van der Waals surface area contributed by atoms with Gasteiger partial charge in [0.2, 0.25) is 0 Å². The van der Waals surface area contributed by atoms with E-state index in [0.29, 0.717) is 28.5 Å². The van der Waals surface area contributed by atoms with Crippen LogP contribution in [0.4, 0.5) is 17.1 Å². The van der Waals surface area contributed by atoms with E-state index in [1.807, 2.05) is 47.8 Å². The molecule has 1 aromatic heterocycles. The van der Waals surface area contributed by atoms with E-state index in [-0.39, 0.29) is 11.8 Å². The zero-order chi connectivity index (χ0) is 25.9. The van der Waals surface area contributed by atoms with Crippen LogP contribution in [0.2, 0.25) is 0 Å². The van der Waals surface area contributed by atoms with Crippen molar-refractivity contribution in [3.05, 3.63) is 88.4 Å². The summed E-state index contributed by atoms with van der Waals surface area (Å²) in [6.07, 6.45) is 3.73. The number of methoxy groups -OCH3 is 3. The van der Waals surface area contributed by atoms with Gasteiger partial charge in [0.25, 0.3) is 5.91 Å². The highest BCUT2D eigenvalue weighted by Crippen LogP contribution is 2.35. The average molecular weight is 518 g/mol. The molecule has 3 aromatic rings. The molecule has 0 spiro atoms. The van der Waals surface area contributed by atoms with Crippen molar-refractivity contribution in [2.45, 2.75) is 12.8 Å². The number of carbonyl (C=O) groups excluding carboxylic acids is 1. The molecule has 2 aromatic carbocycles. The molecule has 1 amide bonds. The van der Waals surface area contributed by atoms with Gasteiger partial charge in [-0.05, 0) is 65.4 Å². The topological polar surface area (TPSA) is 86.1 Å². The summed E-state index contributed by atoms with van der Waals surface area (Å²) < 4.78 is 16.6. The molecule has 2 aliphatic rings. The largest absolute Gasteiger partial charge is 0.497 e. The van der Waals surface area contributed by atoms with Gasteiger partial charge in [0.1, 0.15) is 5.76 Å². The Balaban J connectivity index is 1.30. The number of rotatable bonds is 8. The minimum absolute atomic E-state index is 0.168. The second-order valence-corrected chi connectivity index (χ2v) is 10.1. The predicted octanol–water partition coefficient (Wildman–Crippen LogP) is 5.67. The van der Waals surface area contributed by atoms with Crippen LogP contribution in [-0.4, -0.2) is 40.3 Å². The lowest BCUT2D eigenvalue weighted by atomic mass is 9.96. The van der Waals surface area contributed by atoms with Gasteiger partial charge < -0.3 is 30.2 Å². The van der Waals surface area contributed by atoms with Gasteiger partial charge in [-0.1, -0.05) is 12.1 Å². The van der Waals surface area contributed by atoms with Crippen LogP contribution in [0.1, 0.15) is 22.3 Å². The van der Waals surface area contributed by atoms with Crippen LogP contribution in [0.15, 0.2) is 77.3 Å². The number of hydrogen-bond acceptors (Lipinski definition) is 7. The smallest absolute Gasteiger partial charge is 0.255 e. The fourth-order valence-corrected chi connectivity index (χ4v) is 5.75. The van der Waals surface area contributed by atoms with Gasteiger partial charge in [-0.15, -0.1) is 11.3 Å². The number of nitrogens with two attached hydrogens (primary N) is 1. The highest BCUT2D eigenvalue weighted by atomic mass is 32.1.